The molecule has 0 saturated heterocycles. The van der Waals surface area contributed by atoms with Crippen molar-refractivity contribution in [2.24, 2.45) is 5.41 Å². The Bertz CT molecular complexity index is 437. The third-order valence-electron chi connectivity index (χ3n) is 2.46. The van der Waals surface area contributed by atoms with Crippen LogP contribution in [0.5, 0.6) is 0 Å². The van der Waals surface area contributed by atoms with Gasteiger partial charge in [0, 0.05) is 19.5 Å². The van der Waals surface area contributed by atoms with Gasteiger partial charge in [0.05, 0.1) is 11.8 Å². The van der Waals surface area contributed by atoms with Crippen LogP contribution in [0.25, 0.3) is 0 Å². The van der Waals surface area contributed by atoms with Crippen LogP contribution in [0.2, 0.25) is 0 Å². The predicted octanol–water partition coefficient (Wildman–Crippen LogP) is 1.84. The molecule has 0 aromatic carbocycles. The highest BCUT2D eigenvalue weighted by Gasteiger charge is 2.31. The van der Waals surface area contributed by atoms with Crippen molar-refractivity contribution in [1.29, 1.82) is 0 Å². The fourth-order valence-corrected chi connectivity index (χ4v) is 2.87. The first-order valence-electron chi connectivity index (χ1n) is 5.96. The van der Waals surface area contributed by atoms with Crippen LogP contribution in [-0.2, 0) is 11.3 Å². The van der Waals surface area contributed by atoms with Gasteiger partial charge in [-0.2, -0.15) is 5.10 Å². The number of hydrogen-bond donors (Lipinski definition) is 0. The Morgan fingerprint density at radius 3 is 2.53 bits per heavy atom. The van der Waals surface area contributed by atoms with Gasteiger partial charge in [-0.3, -0.25) is 9.48 Å². The fraction of sp³-hybridized carbons (Fsp3) is 0.667. The van der Waals surface area contributed by atoms with Crippen LogP contribution in [0, 0.1) is 5.41 Å². The van der Waals surface area contributed by atoms with E-state index in [2.05, 4.69) is 10.1 Å². The highest BCUT2D eigenvalue weighted by molar-refractivity contribution is 8.23. The second-order valence-corrected chi connectivity index (χ2v) is 7.34. The van der Waals surface area contributed by atoms with Gasteiger partial charge in [0.2, 0.25) is 0 Å². The third kappa shape index (κ3) is 4.91. The molecule has 5 nitrogen and oxygen atoms in total. The Labute approximate surface area is 123 Å². The minimum absolute atomic E-state index is 0.164. The van der Waals surface area contributed by atoms with E-state index in [4.69, 9.17) is 12.2 Å². The first-order valence-corrected chi connectivity index (χ1v) is 7.25. The van der Waals surface area contributed by atoms with E-state index in [0.29, 0.717) is 10.9 Å². The van der Waals surface area contributed by atoms with Crippen molar-refractivity contribution in [3.63, 3.8) is 0 Å². The van der Waals surface area contributed by atoms with Gasteiger partial charge in [-0.15, -0.1) is 0 Å². The molecule has 106 valence electrons. The zero-order chi connectivity index (χ0) is 14.6. The Morgan fingerprint density at radius 2 is 2.11 bits per heavy atom. The lowest BCUT2D eigenvalue weighted by Crippen LogP contribution is -2.35. The second-order valence-electron chi connectivity index (χ2n) is 5.50. The first kappa shape index (κ1) is 16.1. The Hall–Kier alpha value is -0.950. The number of Topliss-reactive ketones (excluding diaryl/α,β-unsaturated/α-hetero) is 1. The number of nitrogens with zero attached hydrogens (tertiary/aromatic N) is 4. The maximum absolute atomic E-state index is 12.5. The summed E-state index contributed by atoms with van der Waals surface area (Å²) in [5.41, 5.74) is -0.403. The maximum Gasteiger partial charge on any atom is 0.153 e. The van der Waals surface area contributed by atoms with Crippen molar-refractivity contribution >= 4 is 34.1 Å². The van der Waals surface area contributed by atoms with Crippen LogP contribution >= 0.6 is 24.0 Å². The van der Waals surface area contributed by atoms with Crippen molar-refractivity contribution in [3.8, 4) is 0 Å². The van der Waals surface area contributed by atoms with Crippen LogP contribution in [0.4, 0.5) is 0 Å². The summed E-state index contributed by atoms with van der Waals surface area (Å²) in [5.74, 6) is 0.164. The van der Waals surface area contributed by atoms with Crippen molar-refractivity contribution in [2.45, 2.75) is 32.6 Å². The predicted molar refractivity (Wildman–Crippen MR) is 82.1 cm³/mol. The fourth-order valence-electron chi connectivity index (χ4n) is 1.38. The number of rotatable bonds is 4. The second kappa shape index (κ2) is 6.47. The molecular weight excluding hydrogens is 280 g/mol. The number of carbonyl (C=O) groups excluding carboxylic acids is 1. The number of thiocarbonyl (C=S) groups is 1. The van der Waals surface area contributed by atoms with E-state index in [9.17, 15) is 4.79 Å². The lowest BCUT2D eigenvalue weighted by Gasteiger charge is -2.25. The van der Waals surface area contributed by atoms with Gasteiger partial charge in [0.1, 0.15) is 17.0 Å². The molecule has 1 rings (SSSR count). The molecular formula is C12H20N4OS2. The monoisotopic (exact) mass is 300 g/mol. The van der Waals surface area contributed by atoms with Gasteiger partial charge in [-0.05, 0) is 0 Å². The molecule has 1 aromatic heterocycles. The molecule has 1 heterocycles. The zero-order valence-corrected chi connectivity index (χ0v) is 13.6. The SMILES string of the molecule is CN(C)C(=S)S[C@H](Cn1cncn1)C(=O)C(C)(C)C. The minimum atomic E-state index is -0.403. The topological polar surface area (TPSA) is 51.0 Å². The quantitative estimate of drug-likeness (QED) is 0.791. The van der Waals surface area contributed by atoms with E-state index in [0.717, 1.165) is 0 Å². The van der Waals surface area contributed by atoms with E-state index in [1.54, 1.807) is 11.0 Å². The molecule has 0 saturated carbocycles. The number of thioether (sulfide) groups is 1. The van der Waals surface area contributed by atoms with E-state index in [-0.39, 0.29) is 11.0 Å². The van der Waals surface area contributed by atoms with Crippen molar-refractivity contribution in [1.82, 2.24) is 19.7 Å². The third-order valence-corrected chi connectivity index (χ3v) is 4.33. The molecule has 7 heteroatoms. The lowest BCUT2D eigenvalue weighted by molar-refractivity contribution is -0.125. The van der Waals surface area contributed by atoms with Gasteiger partial charge in [-0.1, -0.05) is 44.8 Å². The van der Waals surface area contributed by atoms with Crippen molar-refractivity contribution in [2.75, 3.05) is 14.1 Å². The molecule has 0 radical (unpaired) electrons. The summed E-state index contributed by atoms with van der Waals surface area (Å²) >= 11 is 6.69. The Balaban J connectivity index is 2.85. The number of carbonyl (C=O) groups is 1. The molecule has 0 unspecified atom stereocenters. The zero-order valence-electron chi connectivity index (χ0n) is 12.0. The van der Waals surface area contributed by atoms with Gasteiger partial charge in [0.15, 0.2) is 5.78 Å². The molecule has 0 aliphatic heterocycles. The van der Waals surface area contributed by atoms with Crippen molar-refractivity contribution in [3.05, 3.63) is 12.7 Å². The molecule has 0 bridgehead atoms. The highest BCUT2D eigenvalue weighted by atomic mass is 32.2. The molecule has 0 spiro atoms. The summed E-state index contributed by atoms with van der Waals surface area (Å²) in [6.07, 6.45) is 3.08. The first-order chi connectivity index (χ1) is 8.71. The normalized spacial score (nSPS) is 13.1. The summed E-state index contributed by atoms with van der Waals surface area (Å²) in [6, 6.07) is 0. The summed E-state index contributed by atoms with van der Waals surface area (Å²) in [7, 11) is 3.76. The van der Waals surface area contributed by atoms with Crippen LogP contribution in [0.3, 0.4) is 0 Å². The van der Waals surface area contributed by atoms with Crippen molar-refractivity contribution < 1.29 is 4.79 Å². The van der Waals surface area contributed by atoms with E-state index >= 15 is 0 Å². The molecule has 19 heavy (non-hydrogen) atoms. The summed E-state index contributed by atoms with van der Waals surface area (Å²) < 4.78 is 2.36. The van der Waals surface area contributed by atoms with Gasteiger partial charge >= 0.3 is 0 Å². The van der Waals surface area contributed by atoms with E-state index < -0.39 is 5.41 Å². The van der Waals surface area contributed by atoms with Gasteiger partial charge < -0.3 is 4.90 Å². The molecule has 0 fully saturated rings. The van der Waals surface area contributed by atoms with Crippen LogP contribution in [0.1, 0.15) is 20.8 Å². The maximum atomic E-state index is 12.5. The van der Waals surface area contributed by atoms with E-state index in [1.807, 2.05) is 39.8 Å². The largest absolute Gasteiger partial charge is 0.364 e. The van der Waals surface area contributed by atoms with Gasteiger partial charge in [-0.25, -0.2) is 4.98 Å². The lowest BCUT2D eigenvalue weighted by atomic mass is 9.89. The van der Waals surface area contributed by atoms with Crippen LogP contribution in [0.15, 0.2) is 12.7 Å². The Morgan fingerprint density at radius 1 is 1.47 bits per heavy atom. The molecule has 1 aromatic rings. The summed E-state index contributed by atoms with van der Waals surface area (Å²) in [4.78, 5) is 18.2. The smallest absolute Gasteiger partial charge is 0.153 e. The number of hydrogen-bond acceptors (Lipinski definition) is 5. The van der Waals surface area contributed by atoms with Crippen LogP contribution in [-0.4, -0.2) is 49.1 Å². The minimum Gasteiger partial charge on any atom is -0.364 e. The van der Waals surface area contributed by atoms with E-state index in [1.165, 1.54) is 18.1 Å². The molecule has 1 atom stereocenters. The standard InChI is InChI=1S/C12H20N4OS2/c1-12(2,3)10(17)9(19-11(18)15(4)5)6-16-8-13-7-14-16/h7-9H,6H2,1-5H3/t9-/m1/s1. The van der Waals surface area contributed by atoms with Crippen LogP contribution < -0.4 is 0 Å². The number of ketones is 1. The Kier molecular flexibility index (Phi) is 5.49. The van der Waals surface area contributed by atoms with Gasteiger partial charge in [0.25, 0.3) is 0 Å². The summed E-state index contributed by atoms with van der Waals surface area (Å²) in [6.45, 7) is 6.24. The summed E-state index contributed by atoms with van der Waals surface area (Å²) in [5, 5.41) is 3.80. The molecule has 0 amide bonds. The molecule has 0 aliphatic rings. The molecule has 0 N–H and O–H groups in total. The average Bonchev–Trinajstić information content (AvgIpc) is 2.78. The highest BCUT2D eigenvalue weighted by Crippen LogP contribution is 2.26. The number of aromatic nitrogens is 3. The molecule has 0 aliphatic carbocycles. The average molecular weight is 300 g/mol.